The largest absolute Gasteiger partial charge is 0.375 e. The van der Waals surface area contributed by atoms with E-state index >= 15 is 0 Å². The summed E-state index contributed by atoms with van der Waals surface area (Å²) in [6.45, 7) is 3.70. The number of nitrogens with zero attached hydrogens (tertiary/aromatic N) is 1. The van der Waals surface area contributed by atoms with E-state index in [1.165, 1.54) is 11.3 Å². The molecule has 5 nitrogen and oxygen atoms in total. The summed E-state index contributed by atoms with van der Waals surface area (Å²) in [4.78, 5) is 17.9. The minimum absolute atomic E-state index is 0.00457. The second-order valence-electron chi connectivity index (χ2n) is 6.21. The smallest absolute Gasteiger partial charge is 0.225 e. The molecule has 0 spiro atoms. The van der Waals surface area contributed by atoms with Gasteiger partial charge in [0.1, 0.15) is 0 Å². The Morgan fingerprint density at radius 2 is 2.35 bits per heavy atom. The monoisotopic (exact) mass is 333 g/mol. The van der Waals surface area contributed by atoms with Crippen molar-refractivity contribution in [2.45, 2.75) is 25.5 Å². The van der Waals surface area contributed by atoms with Crippen molar-refractivity contribution >= 4 is 28.4 Å². The summed E-state index contributed by atoms with van der Waals surface area (Å²) >= 11 is 6.27. The van der Waals surface area contributed by atoms with Gasteiger partial charge in [0.2, 0.25) is 5.91 Å². The number of benzene rings is 1. The summed E-state index contributed by atoms with van der Waals surface area (Å²) in [7, 11) is 0. The number of carbonyl (C=O) groups is 1. The first-order valence-electron chi connectivity index (χ1n) is 8.10. The fraction of sp³-hybridized carbons (Fsp3) is 0.471. The standard InChI is InChI=1S/C17H20ClN3O2/c18-14-3-1-2-12-13-10-21(6-4-15(13)20-17(12)14)16(22)8-11-9-19-5-7-23-11/h1-3,11,19-20H,4-10H2. The molecule has 122 valence electrons. The molecule has 1 unspecified atom stereocenters. The molecule has 1 fully saturated rings. The lowest BCUT2D eigenvalue weighted by atomic mass is 10.0. The van der Waals surface area contributed by atoms with Gasteiger partial charge in [0.05, 0.1) is 29.7 Å². The Bertz CT molecular complexity index is 737. The zero-order chi connectivity index (χ0) is 15.8. The fourth-order valence-electron chi connectivity index (χ4n) is 3.49. The number of morpholine rings is 1. The Labute approximate surface area is 139 Å². The Kier molecular flexibility index (Phi) is 4.01. The second kappa shape index (κ2) is 6.15. The molecule has 1 atom stereocenters. The summed E-state index contributed by atoms with van der Waals surface area (Å²) in [5, 5.41) is 5.13. The molecule has 0 radical (unpaired) electrons. The molecule has 2 aromatic rings. The fourth-order valence-corrected chi connectivity index (χ4v) is 3.71. The summed E-state index contributed by atoms with van der Waals surface area (Å²) in [5.74, 6) is 0.167. The van der Waals surface area contributed by atoms with Gasteiger partial charge in [0.15, 0.2) is 0 Å². The third kappa shape index (κ3) is 2.84. The number of halogens is 1. The molecule has 1 amide bonds. The van der Waals surface area contributed by atoms with E-state index in [1.807, 2.05) is 17.0 Å². The number of carbonyl (C=O) groups excluding carboxylic acids is 1. The highest BCUT2D eigenvalue weighted by Gasteiger charge is 2.27. The summed E-state index contributed by atoms with van der Waals surface area (Å²) in [6, 6.07) is 5.92. The highest BCUT2D eigenvalue weighted by atomic mass is 35.5. The predicted octanol–water partition coefficient (Wildman–Crippen LogP) is 2.08. The average Bonchev–Trinajstić information content (AvgIpc) is 2.95. The second-order valence-corrected chi connectivity index (χ2v) is 6.62. The number of hydrogen-bond acceptors (Lipinski definition) is 3. The van der Waals surface area contributed by atoms with Crippen molar-refractivity contribution in [1.82, 2.24) is 15.2 Å². The molecule has 4 rings (SSSR count). The van der Waals surface area contributed by atoms with Gasteiger partial charge in [-0.3, -0.25) is 4.79 Å². The number of aromatic amines is 1. The molecule has 6 heteroatoms. The number of ether oxygens (including phenoxy) is 1. The predicted molar refractivity (Wildman–Crippen MR) is 89.7 cm³/mol. The minimum Gasteiger partial charge on any atom is -0.375 e. The van der Waals surface area contributed by atoms with Gasteiger partial charge >= 0.3 is 0 Å². The number of aromatic nitrogens is 1. The van der Waals surface area contributed by atoms with Crippen LogP contribution >= 0.6 is 11.6 Å². The minimum atomic E-state index is -0.00457. The van der Waals surface area contributed by atoms with Gasteiger partial charge < -0.3 is 19.9 Å². The van der Waals surface area contributed by atoms with E-state index in [4.69, 9.17) is 16.3 Å². The first-order chi connectivity index (χ1) is 11.2. The molecule has 1 saturated heterocycles. The van der Waals surface area contributed by atoms with Gasteiger partial charge in [0.25, 0.3) is 0 Å². The molecule has 0 bridgehead atoms. The lowest BCUT2D eigenvalue weighted by Crippen LogP contribution is -2.43. The van der Waals surface area contributed by atoms with Gasteiger partial charge in [-0.05, 0) is 6.07 Å². The van der Waals surface area contributed by atoms with Crippen LogP contribution in [0.4, 0.5) is 0 Å². The molecular formula is C17H20ClN3O2. The highest BCUT2D eigenvalue weighted by molar-refractivity contribution is 6.35. The van der Waals surface area contributed by atoms with Crippen molar-refractivity contribution in [3.63, 3.8) is 0 Å². The number of H-pyrrole nitrogens is 1. The molecule has 2 aliphatic heterocycles. The van der Waals surface area contributed by atoms with E-state index in [9.17, 15) is 4.79 Å². The van der Waals surface area contributed by atoms with Gasteiger partial charge in [-0.1, -0.05) is 23.7 Å². The van der Waals surface area contributed by atoms with E-state index < -0.39 is 0 Å². The topological polar surface area (TPSA) is 57.4 Å². The quantitative estimate of drug-likeness (QED) is 0.884. The zero-order valence-electron chi connectivity index (χ0n) is 12.9. The molecule has 2 N–H and O–H groups in total. The van der Waals surface area contributed by atoms with E-state index in [2.05, 4.69) is 16.4 Å². The zero-order valence-corrected chi connectivity index (χ0v) is 13.7. The van der Waals surface area contributed by atoms with Crippen molar-refractivity contribution in [3.8, 4) is 0 Å². The maximum Gasteiger partial charge on any atom is 0.225 e. The molecular weight excluding hydrogens is 314 g/mol. The Morgan fingerprint density at radius 1 is 1.43 bits per heavy atom. The van der Waals surface area contributed by atoms with Crippen LogP contribution in [0.1, 0.15) is 17.7 Å². The average molecular weight is 334 g/mol. The van der Waals surface area contributed by atoms with Crippen molar-refractivity contribution in [3.05, 3.63) is 34.5 Å². The molecule has 3 heterocycles. The van der Waals surface area contributed by atoms with Crippen LogP contribution in [0.25, 0.3) is 10.9 Å². The molecule has 1 aromatic heterocycles. The van der Waals surface area contributed by atoms with Crippen LogP contribution in [0, 0.1) is 0 Å². The number of rotatable bonds is 2. The van der Waals surface area contributed by atoms with Crippen molar-refractivity contribution in [1.29, 1.82) is 0 Å². The van der Waals surface area contributed by atoms with Crippen molar-refractivity contribution in [2.75, 3.05) is 26.2 Å². The Morgan fingerprint density at radius 3 is 3.17 bits per heavy atom. The first-order valence-corrected chi connectivity index (χ1v) is 8.48. The highest BCUT2D eigenvalue weighted by Crippen LogP contribution is 2.31. The molecule has 1 aromatic carbocycles. The van der Waals surface area contributed by atoms with Gasteiger partial charge in [-0.25, -0.2) is 0 Å². The first kappa shape index (κ1) is 15.0. The van der Waals surface area contributed by atoms with E-state index in [0.29, 0.717) is 19.6 Å². The van der Waals surface area contributed by atoms with Crippen molar-refractivity contribution in [2.24, 2.45) is 0 Å². The summed E-state index contributed by atoms with van der Waals surface area (Å²) in [6.07, 6.45) is 1.29. The Hall–Kier alpha value is -1.56. The van der Waals surface area contributed by atoms with Crippen LogP contribution in [0.5, 0.6) is 0 Å². The third-order valence-electron chi connectivity index (χ3n) is 4.72. The van der Waals surface area contributed by atoms with Gasteiger partial charge in [-0.2, -0.15) is 0 Å². The van der Waals surface area contributed by atoms with Crippen LogP contribution < -0.4 is 5.32 Å². The molecule has 0 saturated carbocycles. The number of fused-ring (bicyclic) bond motifs is 3. The molecule has 23 heavy (non-hydrogen) atoms. The summed E-state index contributed by atoms with van der Waals surface area (Å²) in [5.41, 5.74) is 3.38. The van der Waals surface area contributed by atoms with E-state index in [-0.39, 0.29) is 12.0 Å². The summed E-state index contributed by atoms with van der Waals surface area (Å²) < 4.78 is 5.65. The molecule has 0 aliphatic carbocycles. The molecule has 2 aliphatic rings. The lowest BCUT2D eigenvalue weighted by Gasteiger charge is -2.30. The van der Waals surface area contributed by atoms with Crippen LogP contribution in [0.2, 0.25) is 5.02 Å². The Balaban J connectivity index is 1.52. The van der Waals surface area contributed by atoms with E-state index in [0.717, 1.165) is 42.0 Å². The van der Waals surface area contributed by atoms with Crippen LogP contribution in [0.15, 0.2) is 18.2 Å². The van der Waals surface area contributed by atoms with Gasteiger partial charge in [-0.15, -0.1) is 0 Å². The lowest BCUT2D eigenvalue weighted by molar-refractivity contribution is -0.135. The number of amides is 1. The number of para-hydroxylation sites is 1. The maximum atomic E-state index is 12.6. The van der Waals surface area contributed by atoms with Gasteiger partial charge in [0, 0.05) is 49.2 Å². The van der Waals surface area contributed by atoms with Crippen molar-refractivity contribution < 1.29 is 9.53 Å². The maximum absolute atomic E-state index is 12.6. The van der Waals surface area contributed by atoms with Crippen LogP contribution in [-0.4, -0.2) is 48.1 Å². The normalized spacial score (nSPS) is 21.4. The van der Waals surface area contributed by atoms with Crippen LogP contribution in [-0.2, 0) is 22.5 Å². The number of hydrogen-bond donors (Lipinski definition) is 2. The van der Waals surface area contributed by atoms with E-state index in [1.54, 1.807) is 0 Å². The van der Waals surface area contributed by atoms with Crippen LogP contribution in [0.3, 0.4) is 0 Å². The third-order valence-corrected chi connectivity index (χ3v) is 5.03. The SMILES string of the molecule is O=C(CC1CNCCO1)N1CCc2[nH]c3c(Cl)cccc3c2C1. The number of nitrogens with one attached hydrogen (secondary N) is 2.